The molecule has 138 valence electrons. The van der Waals surface area contributed by atoms with Crippen LogP contribution in [0.25, 0.3) is 0 Å². The first-order chi connectivity index (χ1) is 12.5. The number of rotatable bonds is 5. The van der Waals surface area contributed by atoms with E-state index in [-0.39, 0.29) is 11.8 Å². The smallest absolute Gasteiger partial charge is 0.289 e. The molecule has 0 aromatic carbocycles. The molecular formula is C19H24N4O3. The van der Waals surface area contributed by atoms with Gasteiger partial charge in [0.25, 0.3) is 11.8 Å². The fraction of sp³-hybridized carbons (Fsp3) is 0.421. The van der Waals surface area contributed by atoms with Crippen LogP contribution < -0.4 is 10.2 Å². The zero-order valence-corrected chi connectivity index (χ0v) is 15.1. The third kappa shape index (κ3) is 4.22. The number of piperazine rings is 1. The second-order valence-electron chi connectivity index (χ2n) is 6.76. The number of furan rings is 1. The number of carbonyl (C=O) groups excluding carboxylic acids is 2. The fourth-order valence-corrected chi connectivity index (χ4v) is 2.82. The van der Waals surface area contributed by atoms with E-state index in [4.69, 9.17) is 4.42 Å². The highest BCUT2D eigenvalue weighted by atomic mass is 16.3. The van der Waals surface area contributed by atoms with E-state index in [1.807, 2.05) is 19.9 Å². The summed E-state index contributed by atoms with van der Waals surface area (Å²) in [6.07, 6.45) is 3.22. The molecule has 1 saturated heterocycles. The Labute approximate surface area is 153 Å². The molecule has 3 heterocycles. The molecule has 0 aliphatic carbocycles. The number of anilines is 1. The van der Waals surface area contributed by atoms with Gasteiger partial charge in [-0.3, -0.25) is 9.59 Å². The first-order valence-corrected chi connectivity index (χ1v) is 8.86. The number of aromatic nitrogens is 1. The van der Waals surface area contributed by atoms with E-state index in [1.54, 1.807) is 29.3 Å². The maximum absolute atomic E-state index is 12.3. The Morgan fingerprint density at radius 2 is 1.96 bits per heavy atom. The maximum atomic E-state index is 12.3. The van der Waals surface area contributed by atoms with Gasteiger partial charge < -0.3 is 19.5 Å². The standard InChI is InChI=1S/C19H24N4O3/c1-14(2)12-21-18(24)16-6-5-15(13-20-16)22-7-9-23(10-8-22)19(25)17-4-3-11-26-17/h3-6,11,13-14H,7-10,12H2,1-2H3,(H,21,24). The molecule has 1 aliphatic heterocycles. The van der Waals surface area contributed by atoms with Crippen LogP contribution in [0.1, 0.15) is 34.9 Å². The van der Waals surface area contributed by atoms with Crippen LogP contribution in [-0.4, -0.2) is 54.4 Å². The van der Waals surface area contributed by atoms with Crippen LogP contribution in [0, 0.1) is 5.92 Å². The minimum Gasteiger partial charge on any atom is -0.459 e. The third-order valence-electron chi connectivity index (χ3n) is 4.32. The number of nitrogens with one attached hydrogen (secondary N) is 1. The van der Waals surface area contributed by atoms with Gasteiger partial charge in [-0.1, -0.05) is 13.8 Å². The van der Waals surface area contributed by atoms with Crippen molar-refractivity contribution in [1.29, 1.82) is 0 Å². The van der Waals surface area contributed by atoms with Crippen LogP contribution in [-0.2, 0) is 0 Å². The second-order valence-corrected chi connectivity index (χ2v) is 6.76. The molecule has 0 spiro atoms. The van der Waals surface area contributed by atoms with Crippen LogP contribution in [0.4, 0.5) is 5.69 Å². The molecule has 0 unspecified atom stereocenters. The minimum atomic E-state index is -0.154. The molecule has 3 rings (SSSR count). The first kappa shape index (κ1) is 18.0. The van der Waals surface area contributed by atoms with Crippen molar-refractivity contribution in [2.75, 3.05) is 37.6 Å². The number of hydrogen-bond donors (Lipinski definition) is 1. The molecule has 0 atom stereocenters. The van der Waals surface area contributed by atoms with Gasteiger partial charge in [0.2, 0.25) is 0 Å². The molecule has 2 aromatic rings. The van der Waals surface area contributed by atoms with Crippen molar-refractivity contribution in [3.8, 4) is 0 Å². The van der Waals surface area contributed by atoms with Crippen LogP contribution in [0.3, 0.4) is 0 Å². The molecule has 7 heteroatoms. The van der Waals surface area contributed by atoms with Gasteiger partial charge in [-0.25, -0.2) is 4.98 Å². The van der Waals surface area contributed by atoms with Crippen LogP contribution in [0.15, 0.2) is 41.1 Å². The van der Waals surface area contributed by atoms with Gasteiger partial charge in [0.05, 0.1) is 18.1 Å². The topological polar surface area (TPSA) is 78.7 Å². The summed E-state index contributed by atoms with van der Waals surface area (Å²) >= 11 is 0. The summed E-state index contributed by atoms with van der Waals surface area (Å²) in [4.78, 5) is 32.5. The summed E-state index contributed by atoms with van der Waals surface area (Å²) in [5.41, 5.74) is 1.37. The molecule has 1 N–H and O–H groups in total. The summed E-state index contributed by atoms with van der Waals surface area (Å²) in [6, 6.07) is 7.04. The highest BCUT2D eigenvalue weighted by molar-refractivity contribution is 5.92. The Bertz CT molecular complexity index is 733. The summed E-state index contributed by atoms with van der Waals surface area (Å²) < 4.78 is 5.18. The predicted molar refractivity (Wildman–Crippen MR) is 98.2 cm³/mol. The van der Waals surface area contributed by atoms with E-state index in [9.17, 15) is 9.59 Å². The summed E-state index contributed by atoms with van der Waals surface area (Å²) in [5, 5.41) is 2.86. The Morgan fingerprint density at radius 1 is 1.19 bits per heavy atom. The molecule has 1 fully saturated rings. The van der Waals surface area contributed by atoms with Gasteiger partial charge in [0.1, 0.15) is 5.69 Å². The number of carbonyl (C=O) groups is 2. The zero-order chi connectivity index (χ0) is 18.5. The highest BCUT2D eigenvalue weighted by Crippen LogP contribution is 2.17. The Kier molecular flexibility index (Phi) is 5.55. The summed E-state index contributed by atoms with van der Waals surface area (Å²) in [7, 11) is 0. The van der Waals surface area contributed by atoms with Crippen molar-refractivity contribution in [3.05, 3.63) is 48.2 Å². The van der Waals surface area contributed by atoms with E-state index < -0.39 is 0 Å². The van der Waals surface area contributed by atoms with Crippen molar-refractivity contribution in [2.24, 2.45) is 5.92 Å². The average Bonchev–Trinajstić information content (AvgIpc) is 3.20. The van der Waals surface area contributed by atoms with E-state index >= 15 is 0 Å². The maximum Gasteiger partial charge on any atom is 0.289 e. The van der Waals surface area contributed by atoms with Crippen molar-refractivity contribution in [3.63, 3.8) is 0 Å². The summed E-state index contributed by atoms with van der Waals surface area (Å²) in [5.74, 6) is 0.541. The van der Waals surface area contributed by atoms with Gasteiger partial charge in [-0.15, -0.1) is 0 Å². The van der Waals surface area contributed by atoms with Crippen molar-refractivity contribution in [2.45, 2.75) is 13.8 Å². The molecule has 2 aromatic heterocycles. The van der Waals surface area contributed by atoms with E-state index in [2.05, 4.69) is 15.2 Å². The molecule has 1 aliphatic rings. The Balaban J connectivity index is 1.54. The Hall–Kier alpha value is -2.83. The minimum absolute atomic E-state index is 0.0788. The number of hydrogen-bond acceptors (Lipinski definition) is 5. The normalized spacial score (nSPS) is 14.6. The fourth-order valence-electron chi connectivity index (χ4n) is 2.82. The second kappa shape index (κ2) is 8.03. The molecule has 7 nitrogen and oxygen atoms in total. The van der Waals surface area contributed by atoms with Crippen LogP contribution in [0.5, 0.6) is 0 Å². The molecule has 0 saturated carbocycles. The lowest BCUT2D eigenvalue weighted by atomic mass is 10.2. The predicted octanol–water partition coefficient (Wildman–Crippen LogP) is 2.02. The van der Waals surface area contributed by atoms with Crippen LogP contribution in [0.2, 0.25) is 0 Å². The lowest BCUT2D eigenvalue weighted by Crippen LogP contribution is -2.48. The molecule has 0 bridgehead atoms. The lowest BCUT2D eigenvalue weighted by molar-refractivity contribution is 0.0714. The van der Waals surface area contributed by atoms with Crippen molar-refractivity contribution >= 4 is 17.5 Å². The Morgan fingerprint density at radius 3 is 2.54 bits per heavy atom. The van der Waals surface area contributed by atoms with Crippen molar-refractivity contribution in [1.82, 2.24) is 15.2 Å². The molecular weight excluding hydrogens is 332 g/mol. The zero-order valence-electron chi connectivity index (χ0n) is 15.1. The monoisotopic (exact) mass is 356 g/mol. The van der Waals surface area contributed by atoms with Gasteiger partial charge in [0, 0.05) is 32.7 Å². The molecule has 2 amide bonds. The van der Waals surface area contributed by atoms with Gasteiger partial charge in [-0.05, 0) is 30.2 Å². The van der Waals surface area contributed by atoms with Gasteiger partial charge in [0.15, 0.2) is 5.76 Å². The third-order valence-corrected chi connectivity index (χ3v) is 4.32. The van der Waals surface area contributed by atoms with Crippen LogP contribution >= 0.6 is 0 Å². The summed E-state index contributed by atoms with van der Waals surface area (Å²) in [6.45, 7) is 7.40. The lowest BCUT2D eigenvalue weighted by Gasteiger charge is -2.35. The van der Waals surface area contributed by atoms with E-state index in [0.29, 0.717) is 50.1 Å². The average molecular weight is 356 g/mol. The van der Waals surface area contributed by atoms with E-state index in [1.165, 1.54) is 6.26 Å². The van der Waals surface area contributed by atoms with E-state index in [0.717, 1.165) is 5.69 Å². The first-order valence-electron chi connectivity index (χ1n) is 8.86. The highest BCUT2D eigenvalue weighted by Gasteiger charge is 2.24. The van der Waals surface area contributed by atoms with Gasteiger partial charge in [-0.2, -0.15) is 0 Å². The number of nitrogens with zero attached hydrogens (tertiary/aromatic N) is 3. The molecule has 0 radical (unpaired) electrons. The number of amides is 2. The van der Waals surface area contributed by atoms with Gasteiger partial charge >= 0.3 is 0 Å². The molecule has 26 heavy (non-hydrogen) atoms. The number of pyridine rings is 1. The SMILES string of the molecule is CC(C)CNC(=O)c1ccc(N2CCN(C(=O)c3ccco3)CC2)cn1. The quantitative estimate of drug-likeness (QED) is 0.887. The van der Waals surface area contributed by atoms with Crippen molar-refractivity contribution < 1.29 is 14.0 Å². The largest absolute Gasteiger partial charge is 0.459 e.